The van der Waals surface area contributed by atoms with Crippen LogP contribution in [0.15, 0.2) is 12.1 Å². The van der Waals surface area contributed by atoms with Crippen LogP contribution in [0.5, 0.6) is 0 Å². The van der Waals surface area contributed by atoms with Crippen molar-refractivity contribution in [1.29, 1.82) is 0 Å². The number of aryl methyl sites for hydroxylation is 1. The lowest BCUT2D eigenvalue weighted by atomic mass is 10.0. The largest absolute Gasteiger partial charge is 0.298 e. The maximum atomic E-state index is 13.5. The van der Waals surface area contributed by atoms with Gasteiger partial charge in [-0.15, -0.1) is 0 Å². The van der Waals surface area contributed by atoms with Crippen molar-refractivity contribution in [3.8, 4) is 0 Å². The lowest BCUT2D eigenvalue weighted by molar-refractivity contribution is 0.111. The Morgan fingerprint density at radius 2 is 1.76 bits per heavy atom. The molecule has 1 nitrogen and oxygen atoms in total. The first kappa shape index (κ1) is 13.8. The number of hydrogen-bond donors (Lipinski definition) is 0. The van der Waals surface area contributed by atoms with Gasteiger partial charge in [0.25, 0.3) is 0 Å². The Labute approximate surface area is 101 Å². The molecule has 0 spiro atoms. The highest BCUT2D eigenvalue weighted by Crippen LogP contribution is 2.17. The molecular formula is C14H18F2O. The Balaban J connectivity index is 2.54. The van der Waals surface area contributed by atoms with E-state index in [-0.39, 0.29) is 5.56 Å². The van der Waals surface area contributed by atoms with E-state index in [4.69, 9.17) is 0 Å². The molecule has 0 aliphatic carbocycles. The average molecular weight is 240 g/mol. The highest BCUT2D eigenvalue weighted by Gasteiger charge is 2.12. The number of benzene rings is 1. The minimum atomic E-state index is -1.02. The molecule has 0 N–H and O–H groups in total. The summed E-state index contributed by atoms with van der Waals surface area (Å²) in [7, 11) is 0. The molecule has 0 fully saturated rings. The van der Waals surface area contributed by atoms with Gasteiger partial charge in [-0.2, -0.15) is 0 Å². The zero-order valence-electron chi connectivity index (χ0n) is 10.1. The minimum Gasteiger partial charge on any atom is -0.298 e. The molecule has 0 amide bonds. The van der Waals surface area contributed by atoms with Crippen LogP contribution >= 0.6 is 0 Å². The minimum absolute atomic E-state index is 0.211. The molecule has 0 saturated carbocycles. The fourth-order valence-corrected chi connectivity index (χ4v) is 1.81. The van der Waals surface area contributed by atoms with Crippen LogP contribution in [0.1, 0.15) is 54.9 Å². The van der Waals surface area contributed by atoms with Crippen molar-refractivity contribution in [3.05, 3.63) is 34.9 Å². The molecule has 1 aromatic carbocycles. The van der Waals surface area contributed by atoms with Crippen LogP contribution in [-0.2, 0) is 6.42 Å². The highest BCUT2D eigenvalue weighted by molar-refractivity contribution is 5.75. The number of carbonyl (C=O) groups excluding carboxylic acids is 1. The molecule has 0 aromatic heterocycles. The van der Waals surface area contributed by atoms with Gasteiger partial charge in [-0.1, -0.05) is 38.7 Å². The summed E-state index contributed by atoms with van der Waals surface area (Å²) in [6.45, 7) is 2.13. The number of unbranched alkanes of at least 4 members (excludes halogenated alkanes) is 4. The lowest BCUT2D eigenvalue weighted by Gasteiger charge is -2.05. The Kier molecular flexibility index (Phi) is 5.81. The molecule has 0 heterocycles. The Bertz CT molecular complexity index is 375. The zero-order valence-corrected chi connectivity index (χ0v) is 10.1. The predicted octanol–water partition coefficient (Wildman–Crippen LogP) is 4.29. The molecule has 0 bridgehead atoms. The molecule has 1 aromatic rings. The third-order valence-corrected chi connectivity index (χ3v) is 2.87. The second-order valence-electron chi connectivity index (χ2n) is 4.22. The van der Waals surface area contributed by atoms with Crippen molar-refractivity contribution in [1.82, 2.24) is 0 Å². The maximum absolute atomic E-state index is 13.5. The monoisotopic (exact) mass is 240 g/mol. The summed E-state index contributed by atoms with van der Waals surface area (Å²) in [6.07, 6.45) is 6.24. The van der Waals surface area contributed by atoms with Gasteiger partial charge in [-0.25, -0.2) is 8.78 Å². The first-order valence-electron chi connectivity index (χ1n) is 6.12. The van der Waals surface area contributed by atoms with Crippen LogP contribution < -0.4 is 0 Å². The summed E-state index contributed by atoms with van der Waals surface area (Å²) in [4.78, 5) is 10.4. The maximum Gasteiger partial charge on any atom is 0.169 e. The highest BCUT2D eigenvalue weighted by atomic mass is 19.2. The van der Waals surface area contributed by atoms with Crippen LogP contribution in [-0.4, -0.2) is 6.29 Å². The van der Waals surface area contributed by atoms with Gasteiger partial charge in [0.2, 0.25) is 0 Å². The topological polar surface area (TPSA) is 17.1 Å². The normalized spacial score (nSPS) is 10.5. The molecule has 3 heteroatoms. The summed E-state index contributed by atoms with van der Waals surface area (Å²) in [5.41, 5.74) is 0.154. The number of rotatable bonds is 7. The summed E-state index contributed by atoms with van der Waals surface area (Å²) in [5, 5.41) is 0. The first-order chi connectivity index (χ1) is 8.20. The smallest absolute Gasteiger partial charge is 0.169 e. The number of aldehydes is 1. The standard InChI is InChI=1S/C14H18F2O/c1-2-3-4-5-6-7-11-8-9-12(10-17)14(16)13(11)15/h8-10H,2-7H2,1H3. The van der Waals surface area contributed by atoms with Gasteiger partial charge in [0.15, 0.2) is 17.9 Å². The summed E-state index contributed by atoms with van der Waals surface area (Å²) in [5.74, 6) is -1.89. The van der Waals surface area contributed by atoms with Crippen LogP contribution in [0.3, 0.4) is 0 Å². The molecule has 0 aliphatic rings. The van der Waals surface area contributed by atoms with Gasteiger partial charge in [-0.3, -0.25) is 4.79 Å². The van der Waals surface area contributed by atoms with Crippen LogP contribution in [0.4, 0.5) is 8.78 Å². The van der Waals surface area contributed by atoms with Crippen molar-refractivity contribution in [2.45, 2.75) is 45.4 Å². The Hall–Kier alpha value is -1.25. The van der Waals surface area contributed by atoms with Crippen molar-refractivity contribution in [2.75, 3.05) is 0 Å². The number of hydrogen-bond acceptors (Lipinski definition) is 1. The van der Waals surface area contributed by atoms with Crippen molar-refractivity contribution in [3.63, 3.8) is 0 Å². The SMILES string of the molecule is CCCCCCCc1ccc(C=O)c(F)c1F. The summed E-state index contributed by atoms with van der Waals surface area (Å²) >= 11 is 0. The van der Waals surface area contributed by atoms with E-state index in [1.165, 1.54) is 18.6 Å². The Morgan fingerprint density at radius 3 is 2.41 bits per heavy atom. The number of halogens is 2. The predicted molar refractivity (Wildman–Crippen MR) is 64.2 cm³/mol. The van der Waals surface area contributed by atoms with E-state index in [9.17, 15) is 13.6 Å². The van der Waals surface area contributed by atoms with Crippen molar-refractivity contribution in [2.24, 2.45) is 0 Å². The van der Waals surface area contributed by atoms with E-state index in [1.54, 1.807) is 0 Å². The zero-order chi connectivity index (χ0) is 12.7. The Morgan fingerprint density at radius 1 is 1.06 bits per heavy atom. The van der Waals surface area contributed by atoms with Gasteiger partial charge >= 0.3 is 0 Å². The van der Waals surface area contributed by atoms with Crippen LogP contribution in [0.2, 0.25) is 0 Å². The fourth-order valence-electron chi connectivity index (χ4n) is 1.81. The van der Waals surface area contributed by atoms with E-state index < -0.39 is 11.6 Å². The average Bonchev–Trinajstić information content (AvgIpc) is 2.34. The van der Waals surface area contributed by atoms with E-state index >= 15 is 0 Å². The van der Waals surface area contributed by atoms with Gasteiger partial charge in [0, 0.05) is 0 Å². The van der Waals surface area contributed by atoms with E-state index in [1.807, 2.05) is 0 Å². The molecular weight excluding hydrogens is 222 g/mol. The second-order valence-corrected chi connectivity index (χ2v) is 4.22. The molecule has 94 valence electrons. The van der Waals surface area contributed by atoms with Gasteiger partial charge in [0.05, 0.1) is 5.56 Å². The van der Waals surface area contributed by atoms with Gasteiger partial charge < -0.3 is 0 Å². The quantitative estimate of drug-likeness (QED) is 0.513. The molecule has 0 aliphatic heterocycles. The van der Waals surface area contributed by atoms with E-state index in [0.29, 0.717) is 18.3 Å². The first-order valence-corrected chi connectivity index (χ1v) is 6.12. The lowest BCUT2D eigenvalue weighted by Crippen LogP contribution is -1.99. The molecule has 0 atom stereocenters. The second kappa shape index (κ2) is 7.15. The van der Waals surface area contributed by atoms with Crippen molar-refractivity contribution >= 4 is 6.29 Å². The molecule has 0 unspecified atom stereocenters. The van der Waals surface area contributed by atoms with Crippen molar-refractivity contribution < 1.29 is 13.6 Å². The molecule has 0 radical (unpaired) electrons. The van der Waals surface area contributed by atoms with Crippen LogP contribution in [0.25, 0.3) is 0 Å². The van der Waals surface area contributed by atoms with E-state index in [0.717, 1.165) is 25.7 Å². The van der Waals surface area contributed by atoms with E-state index in [2.05, 4.69) is 6.92 Å². The van der Waals surface area contributed by atoms with Crippen LogP contribution in [0, 0.1) is 11.6 Å². The number of carbonyl (C=O) groups is 1. The summed E-state index contributed by atoms with van der Waals surface area (Å²) in [6, 6.07) is 2.84. The fraction of sp³-hybridized carbons (Fsp3) is 0.500. The summed E-state index contributed by atoms with van der Waals surface area (Å²) < 4.78 is 26.8. The molecule has 1 rings (SSSR count). The van der Waals surface area contributed by atoms with Gasteiger partial charge in [0.1, 0.15) is 0 Å². The molecule has 0 saturated heterocycles. The molecule has 17 heavy (non-hydrogen) atoms. The third kappa shape index (κ3) is 3.91. The van der Waals surface area contributed by atoms with Gasteiger partial charge in [-0.05, 0) is 24.5 Å². The third-order valence-electron chi connectivity index (χ3n) is 2.87.